The number of amides is 1. The molecule has 1 aromatic carbocycles. The van der Waals surface area contributed by atoms with Gasteiger partial charge in [-0.1, -0.05) is 39.9 Å². The number of aryl methyl sites for hydroxylation is 1. The number of hydrogen-bond acceptors (Lipinski definition) is 5. The number of nitrogens with one attached hydrogen (secondary N) is 1. The zero-order valence-electron chi connectivity index (χ0n) is 12.6. The van der Waals surface area contributed by atoms with Crippen LogP contribution in [0.5, 0.6) is 5.75 Å². The number of hydrogen-bond donors (Lipinski definition) is 1. The van der Waals surface area contributed by atoms with Crippen LogP contribution < -0.4 is 10.1 Å². The third kappa shape index (κ3) is 4.46. The Kier molecular flexibility index (Phi) is 5.70. The molecule has 3 rings (SSSR count). The highest BCUT2D eigenvalue weighted by molar-refractivity contribution is 9.10. The summed E-state index contributed by atoms with van der Waals surface area (Å²) in [6.07, 6.45) is 8.13. The molecule has 0 radical (unpaired) electrons. The number of rotatable bonds is 6. The van der Waals surface area contributed by atoms with E-state index in [9.17, 15) is 4.79 Å². The maximum Gasteiger partial charge on any atom is 0.263 e. The van der Waals surface area contributed by atoms with Gasteiger partial charge in [0.15, 0.2) is 0 Å². The van der Waals surface area contributed by atoms with Gasteiger partial charge in [0, 0.05) is 29.0 Å². The van der Waals surface area contributed by atoms with E-state index in [1.54, 1.807) is 18.6 Å². The SMILES string of the molecule is O=C1NC(=S)SC1=Cc1cc(Br)ccc1OCCCn1ccnc1. The lowest BCUT2D eigenvalue weighted by Gasteiger charge is -2.10. The van der Waals surface area contributed by atoms with Crippen LogP contribution in [0.25, 0.3) is 6.08 Å². The number of thioether (sulfide) groups is 1. The van der Waals surface area contributed by atoms with Gasteiger partial charge in [-0.15, -0.1) is 0 Å². The minimum absolute atomic E-state index is 0.170. The molecule has 0 unspecified atom stereocenters. The molecule has 1 N–H and O–H groups in total. The van der Waals surface area contributed by atoms with E-state index in [0.29, 0.717) is 15.8 Å². The third-order valence-electron chi connectivity index (χ3n) is 3.28. The molecular weight excluding hydrogens is 410 g/mol. The molecule has 0 atom stereocenters. The van der Waals surface area contributed by atoms with Crippen LogP contribution in [-0.4, -0.2) is 26.4 Å². The van der Waals surface area contributed by atoms with E-state index in [1.165, 1.54) is 11.8 Å². The summed E-state index contributed by atoms with van der Waals surface area (Å²) in [6, 6.07) is 5.73. The first-order valence-corrected chi connectivity index (χ1v) is 9.26. The number of ether oxygens (including phenoxy) is 1. The van der Waals surface area contributed by atoms with E-state index in [4.69, 9.17) is 17.0 Å². The summed E-state index contributed by atoms with van der Waals surface area (Å²) < 4.78 is 9.30. The van der Waals surface area contributed by atoms with Gasteiger partial charge in [0.1, 0.15) is 10.1 Å². The minimum atomic E-state index is -0.170. The molecule has 1 fully saturated rings. The Hall–Kier alpha value is -1.64. The van der Waals surface area contributed by atoms with Gasteiger partial charge in [-0.05, 0) is 30.7 Å². The van der Waals surface area contributed by atoms with Crippen molar-refractivity contribution < 1.29 is 9.53 Å². The predicted molar refractivity (Wildman–Crippen MR) is 103 cm³/mol. The number of benzene rings is 1. The lowest BCUT2D eigenvalue weighted by molar-refractivity contribution is -0.115. The molecule has 2 heterocycles. The van der Waals surface area contributed by atoms with Crippen LogP contribution in [0.15, 0.2) is 46.3 Å². The summed E-state index contributed by atoms with van der Waals surface area (Å²) >= 11 is 9.73. The molecule has 0 bridgehead atoms. The van der Waals surface area contributed by atoms with Crippen molar-refractivity contribution in [3.63, 3.8) is 0 Å². The third-order valence-corrected chi connectivity index (χ3v) is 4.93. The van der Waals surface area contributed by atoms with Gasteiger partial charge in [0.2, 0.25) is 0 Å². The molecule has 1 aromatic heterocycles. The summed E-state index contributed by atoms with van der Waals surface area (Å²) in [5.74, 6) is 0.568. The number of imidazole rings is 1. The van der Waals surface area contributed by atoms with Gasteiger partial charge in [-0.2, -0.15) is 0 Å². The fourth-order valence-electron chi connectivity index (χ4n) is 2.17. The molecule has 1 aliphatic heterocycles. The molecule has 8 heteroatoms. The van der Waals surface area contributed by atoms with E-state index >= 15 is 0 Å². The zero-order valence-corrected chi connectivity index (χ0v) is 15.8. The Balaban J connectivity index is 1.68. The average molecular weight is 424 g/mol. The number of nitrogens with zero attached hydrogens (tertiary/aromatic N) is 2. The fourth-order valence-corrected chi connectivity index (χ4v) is 3.59. The van der Waals surface area contributed by atoms with Crippen molar-refractivity contribution >= 4 is 56.2 Å². The van der Waals surface area contributed by atoms with Crippen LogP contribution in [-0.2, 0) is 11.3 Å². The van der Waals surface area contributed by atoms with E-state index in [1.807, 2.05) is 29.0 Å². The molecule has 1 amide bonds. The minimum Gasteiger partial charge on any atom is -0.493 e. The second kappa shape index (κ2) is 7.96. The zero-order chi connectivity index (χ0) is 16.9. The van der Waals surface area contributed by atoms with Crippen LogP contribution in [0.3, 0.4) is 0 Å². The Morgan fingerprint density at radius 2 is 2.33 bits per heavy atom. The second-order valence-electron chi connectivity index (χ2n) is 5.04. The molecule has 124 valence electrons. The molecule has 0 aliphatic carbocycles. The van der Waals surface area contributed by atoms with E-state index in [2.05, 4.69) is 26.2 Å². The topological polar surface area (TPSA) is 56.1 Å². The highest BCUT2D eigenvalue weighted by Crippen LogP contribution is 2.31. The van der Waals surface area contributed by atoms with Crippen molar-refractivity contribution in [3.8, 4) is 5.75 Å². The van der Waals surface area contributed by atoms with Crippen molar-refractivity contribution in [2.75, 3.05) is 6.61 Å². The number of halogens is 1. The molecule has 2 aromatic rings. The van der Waals surface area contributed by atoms with Crippen molar-refractivity contribution in [2.24, 2.45) is 0 Å². The Bertz CT molecular complexity index is 791. The van der Waals surface area contributed by atoms with Gasteiger partial charge in [0.25, 0.3) is 5.91 Å². The Morgan fingerprint density at radius 3 is 3.04 bits per heavy atom. The van der Waals surface area contributed by atoms with Gasteiger partial charge in [-0.3, -0.25) is 4.79 Å². The summed E-state index contributed by atoms with van der Waals surface area (Å²) in [6.45, 7) is 1.42. The lowest BCUT2D eigenvalue weighted by atomic mass is 10.2. The average Bonchev–Trinajstić information content (AvgIpc) is 3.16. The smallest absolute Gasteiger partial charge is 0.263 e. The van der Waals surface area contributed by atoms with Gasteiger partial charge < -0.3 is 14.6 Å². The monoisotopic (exact) mass is 423 g/mol. The number of carbonyl (C=O) groups excluding carboxylic acids is 1. The summed E-state index contributed by atoms with van der Waals surface area (Å²) in [5.41, 5.74) is 0.842. The van der Waals surface area contributed by atoms with Crippen molar-refractivity contribution in [1.29, 1.82) is 0 Å². The lowest BCUT2D eigenvalue weighted by Crippen LogP contribution is -2.17. The predicted octanol–water partition coefficient (Wildman–Crippen LogP) is 3.60. The standard InChI is InChI=1S/C16H14BrN3O2S2/c17-12-2-3-13(22-7-1-5-20-6-4-18-10-20)11(8-12)9-14-15(21)19-16(23)24-14/h2-4,6,8-10H,1,5,7H2,(H,19,21,23). The molecule has 0 saturated carbocycles. The molecular formula is C16H14BrN3O2S2. The summed E-state index contributed by atoms with van der Waals surface area (Å²) in [5, 5.41) is 2.62. The van der Waals surface area contributed by atoms with Crippen molar-refractivity contribution in [2.45, 2.75) is 13.0 Å². The summed E-state index contributed by atoms with van der Waals surface area (Å²) in [7, 11) is 0. The second-order valence-corrected chi connectivity index (χ2v) is 7.67. The van der Waals surface area contributed by atoms with Crippen LogP contribution in [0, 0.1) is 0 Å². The van der Waals surface area contributed by atoms with Gasteiger partial charge >= 0.3 is 0 Å². The molecule has 5 nitrogen and oxygen atoms in total. The van der Waals surface area contributed by atoms with Crippen LogP contribution >= 0.6 is 39.9 Å². The van der Waals surface area contributed by atoms with Crippen LogP contribution in [0.1, 0.15) is 12.0 Å². The normalized spacial score (nSPS) is 15.8. The van der Waals surface area contributed by atoms with Crippen LogP contribution in [0.4, 0.5) is 0 Å². The highest BCUT2D eigenvalue weighted by atomic mass is 79.9. The first kappa shape index (κ1) is 17.2. The van der Waals surface area contributed by atoms with E-state index < -0.39 is 0 Å². The summed E-state index contributed by atoms with van der Waals surface area (Å²) in [4.78, 5) is 16.4. The molecule has 1 saturated heterocycles. The quantitative estimate of drug-likeness (QED) is 0.436. The highest BCUT2D eigenvalue weighted by Gasteiger charge is 2.22. The maximum absolute atomic E-state index is 11.8. The fraction of sp³-hybridized carbons (Fsp3) is 0.188. The van der Waals surface area contributed by atoms with Gasteiger partial charge in [-0.25, -0.2) is 4.98 Å². The van der Waals surface area contributed by atoms with E-state index in [0.717, 1.165) is 28.8 Å². The number of aromatic nitrogens is 2. The van der Waals surface area contributed by atoms with Crippen LogP contribution in [0.2, 0.25) is 0 Å². The largest absolute Gasteiger partial charge is 0.493 e. The first-order chi connectivity index (χ1) is 11.6. The first-order valence-electron chi connectivity index (χ1n) is 7.25. The molecule has 24 heavy (non-hydrogen) atoms. The number of thiocarbonyl (C=S) groups is 1. The van der Waals surface area contributed by atoms with Crippen molar-refractivity contribution in [3.05, 3.63) is 51.9 Å². The molecule has 0 spiro atoms. The van der Waals surface area contributed by atoms with Crippen molar-refractivity contribution in [1.82, 2.24) is 14.9 Å². The maximum atomic E-state index is 11.8. The molecule has 1 aliphatic rings. The number of carbonyl (C=O) groups is 1. The van der Waals surface area contributed by atoms with E-state index in [-0.39, 0.29) is 5.91 Å². The Morgan fingerprint density at radius 1 is 1.46 bits per heavy atom. The van der Waals surface area contributed by atoms with Gasteiger partial charge in [0.05, 0.1) is 17.8 Å². The Labute approximate surface area is 157 Å².